The summed E-state index contributed by atoms with van der Waals surface area (Å²) in [5, 5.41) is 2.03. The quantitative estimate of drug-likeness (QED) is 0.331. The number of carbonyl (C=O) groups is 1. The van der Waals surface area contributed by atoms with Crippen LogP contribution < -0.4 is 26.6 Å². The molecule has 0 atom stereocenters. The molecular formula is C27H28N4O5. The fraction of sp³-hybridized carbons (Fsp3) is 0.222. The minimum atomic E-state index is -0.738. The summed E-state index contributed by atoms with van der Waals surface area (Å²) in [6.07, 6.45) is 0.453. The molecule has 0 aliphatic carbocycles. The number of methoxy groups -OCH3 is 1. The summed E-state index contributed by atoms with van der Waals surface area (Å²) >= 11 is 0. The summed E-state index contributed by atoms with van der Waals surface area (Å²) in [5.41, 5.74) is 5.66. The van der Waals surface area contributed by atoms with Crippen LogP contribution in [0, 0.1) is 0 Å². The molecule has 0 radical (unpaired) electrons. The van der Waals surface area contributed by atoms with Gasteiger partial charge in [-0.15, -0.1) is 0 Å². The van der Waals surface area contributed by atoms with Crippen molar-refractivity contribution in [3.63, 3.8) is 0 Å². The van der Waals surface area contributed by atoms with Gasteiger partial charge in [0.25, 0.3) is 11.5 Å². The third-order valence-electron chi connectivity index (χ3n) is 5.78. The van der Waals surface area contributed by atoms with Crippen molar-refractivity contribution < 1.29 is 14.3 Å². The molecule has 1 aromatic heterocycles. The number of hydrogen-bond acceptors (Lipinski definition) is 6. The summed E-state index contributed by atoms with van der Waals surface area (Å²) in [7, 11) is 1.55. The number of fused-ring (bicyclic) bond motifs is 1. The third kappa shape index (κ3) is 5.64. The molecule has 1 heterocycles. The van der Waals surface area contributed by atoms with Crippen LogP contribution >= 0.6 is 0 Å². The van der Waals surface area contributed by atoms with Gasteiger partial charge in [-0.1, -0.05) is 60.7 Å². The van der Waals surface area contributed by atoms with Gasteiger partial charge in [0.2, 0.25) is 0 Å². The average Bonchev–Trinajstić information content (AvgIpc) is 2.89. The van der Waals surface area contributed by atoms with Crippen LogP contribution in [0.25, 0.3) is 10.8 Å². The van der Waals surface area contributed by atoms with Gasteiger partial charge in [0.1, 0.15) is 11.6 Å². The summed E-state index contributed by atoms with van der Waals surface area (Å²) in [6, 6.07) is 22.6. The van der Waals surface area contributed by atoms with Crippen LogP contribution in [-0.2, 0) is 16.1 Å². The summed E-state index contributed by atoms with van der Waals surface area (Å²) in [4.78, 5) is 42.3. The van der Waals surface area contributed by atoms with Gasteiger partial charge in [0, 0.05) is 20.3 Å². The largest absolute Gasteiger partial charge is 0.484 e. The molecule has 0 saturated carbocycles. The number of ether oxygens (including phenoxy) is 2. The number of anilines is 2. The Hall–Kier alpha value is -4.37. The van der Waals surface area contributed by atoms with Gasteiger partial charge in [-0.2, -0.15) is 0 Å². The maximum absolute atomic E-state index is 13.3. The van der Waals surface area contributed by atoms with E-state index in [0.29, 0.717) is 18.8 Å². The highest BCUT2D eigenvalue weighted by molar-refractivity contribution is 5.96. The van der Waals surface area contributed by atoms with E-state index in [4.69, 9.17) is 15.2 Å². The number of hydrogen-bond donors (Lipinski definition) is 2. The molecule has 0 spiro atoms. The minimum absolute atomic E-state index is 0.0891. The lowest BCUT2D eigenvalue weighted by Crippen LogP contribution is -2.43. The number of nitrogens with two attached hydrogens (primary N) is 1. The number of H-pyrrole nitrogens is 1. The molecule has 0 aliphatic rings. The molecule has 186 valence electrons. The van der Waals surface area contributed by atoms with Gasteiger partial charge in [-0.05, 0) is 34.9 Å². The molecule has 0 fully saturated rings. The normalized spacial score (nSPS) is 10.9. The molecule has 1 amide bonds. The lowest BCUT2D eigenvalue weighted by atomic mass is 10.1. The van der Waals surface area contributed by atoms with Crippen molar-refractivity contribution in [3.8, 4) is 5.75 Å². The van der Waals surface area contributed by atoms with Crippen LogP contribution in [0.3, 0.4) is 0 Å². The van der Waals surface area contributed by atoms with Crippen LogP contribution in [-0.4, -0.2) is 42.3 Å². The van der Waals surface area contributed by atoms with Crippen molar-refractivity contribution in [1.82, 2.24) is 9.55 Å². The zero-order valence-electron chi connectivity index (χ0n) is 20.0. The summed E-state index contributed by atoms with van der Waals surface area (Å²) < 4.78 is 12.1. The van der Waals surface area contributed by atoms with E-state index in [1.165, 1.54) is 9.47 Å². The van der Waals surface area contributed by atoms with Crippen molar-refractivity contribution in [3.05, 3.63) is 99.2 Å². The summed E-state index contributed by atoms with van der Waals surface area (Å²) in [5.74, 6) is -0.0414. The first kappa shape index (κ1) is 24.7. The van der Waals surface area contributed by atoms with E-state index >= 15 is 0 Å². The standard InChI is InChI=1S/C27H28N4O5/c1-35-15-7-14-30(23(32)18-36-22-13-12-20-10-5-6-11-21(20)16-22)24-25(28)31(27(34)29-26(24)33)17-19-8-3-2-4-9-19/h2-6,8-13,16H,7,14-15,17-18,28H2,1H3,(H,29,33,34). The maximum Gasteiger partial charge on any atom is 0.330 e. The second-order valence-electron chi connectivity index (χ2n) is 8.25. The Balaban J connectivity index is 1.62. The smallest absolute Gasteiger partial charge is 0.330 e. The molecule has 9 nitrogen and oxygen atoms in total. The molecule has 9 heteroatoms. The number of rotatable bonds is 10. The zero-order valence-corrected chi connectivity index (χ0v) is 20.0. The van der Waals surface area contributed by atoms with Gasteiger partial charge < -0.3 is 20.1 Å². The molecule has 36 heavy (non-hydrogen) atoms. The molecule has 3 aromatic carbocycles. The SMILES string of the molecule is COCCCN(C(=O)COc1ccc2ccccc2c1)c1c(N)n(Cc2ccccc2)c(=O)[nH]c1=O. The molecule has 0 saturated heterocycles. The van der Waals surface area contributed by atoms with Crippen LogP contribution in [0.4, 0.5) is 11.5 Å². The Kier molecular flexibility index (Phi) is 7.82. The summed E-state index contributed by atoms with van der Waals surface area (Å²) in [6.45, 7) is 0.354. The lowest BCUT2D eigenvalue weighted by Gasteiger charge is -2.24. The Morgan fingerprint density at radius 2 is 1.72 bits per heavy atom. The van der Waals surface area contributed by atoms with Crippen molar-refractivity contribution >= 4 is 28.2 Å². The van der Waals surface area contributed by atoms with E-state index < -0.39 is 17.2 Å². The second-order valence-corrected chi connectivity index (χ2v) is 8.25. The van der Waals surface area contributed by atoms with E-state index in [1.54, 1.807) is 13.2 Å². The van der Waals surface area contributed by atoms with E-state index in [9.17, 15) is 14.4 Å². The number of nitrogens with one attached hydrogen (secondary N) is 1. The first-order valence-electron chi connectivity index (χ1n) is 11.6. The molecule has 0 unspecified atom stereocenters. The molecule has 4 aromatic rings. The maximum atomic E-state index is 13.3. The number of nitrogens with zero attached hydrogens (tertiary/aromatic N) is 2. The number of carbonyl (C=O) groups excluding carboxylic acids is 1. The fourth-order valence-corrected chi connectivity index (χ4v) is 3.97. The molecule has 0 bridgehead atoms. The van der Waals surface area contributed by atoms with Gasteiger partial charge in [-0.3, -0.25) is 19.1 Å². The molecule has 4 rings (SSSR count). The van der Waals surface area contributed by atoms with Gasteiger partial charge in [0.15, 0.2) is 12.3 Å². The predicted molar refractivity (Wildman–Crippen MR) is 140 cm³/mol. The Bertz CT molecular complexity index is 1460. The van der Waals surface area contributed by atoms with Crippen LogP contribution in [0.15, 0.2) is 82.4 Å². The van der Waals surface area contributed by atoms with Gasteiger partial charge in [0.05, 0.1) is 6.54 Å². The Morgan fingerprint density at radius 3 is 2.47 bits per heavy atom. The highest BCUT2D eigenvalue weighted by atomic mass is 16.5. The monoisotopic (exact) mass is 488 g/mol. The van der Waals surface area contributed by atoms with Crippen LogP contribution in [0.1, 0.15) is 12.0 Å². The van der Waals surface area contributed by atoms with Crippen molar-refractivity contribution in [2.45, 2.75) is 13.0 Å². The van der Waals surface area contributed by atoms with Crippen molar-refractivity contribution in [2.75, 3.05) is 37.5 Å². The highest BCUT2D eigenvalue weighted by Crippen LogP contribution is 2.22. The highest BCUT2D eigenvalue weighted by Gasteiger charge is 2.24. The van der Waals surface area contributed by atoms with E-state index in [0.717, 1.165) is 16.3 Å². The number of benzene rings is 3. The van der Waals surface area contributed by atoms with E-state index in [2.05, 4.69) is 4.98 Å². The Morgan fingerprint density at radius 1 is 1.00 bits per heavy atom. The van der Waals surface area contributed by atoms with Gasteiger partial charge >= 0.3 is 5.69 Å². The first-order chi connectivity index (χ1) is 17.5. The molecule has 0 aliphatic heterocycles. The third-order valence-corrected chi connectivity index (χ3v) is 5.78. The van der Waals surface area contributed by atoms with E-state index in [-0.39, 0.29) is 31.2 Å². The number of amides is 1. The van der Waals surface area contributed by atoms with Gasteiger partial charge in [-0.25, -0.2) is 4.79 Å². The Labute approximate surface area is 207 Å². The second kappa shape index (κ2) is 11.4. The van der Waals surface area contributed by atoms with Crippen molar-refractivity contribution in [2.24, 2.45) is 0 Å². The predicted octanol–water partition coefficient (Wildman–Crippen LogP) is 2.77. The van der Waals surface area contributed by atoms with Crippen LogP contribution in [0.5, 0.6) is 5.75 Å². The number of nitrogen functional groups attached to an aromatic ring is 1. The first-order valence-corrected chi connectivity index (χ1v) is 11.6. The zero-order chi connectivity index (χ0) is 25.5. The molecule has 3 N–H and O–H groups in total. The van der Waals surface area contributed by atoms with Crippen molar-refractivity contribution in [1.29, 1.82) is 0 Å². The van der Waals surface area contributed by atoms with Crippen LogP contribution in [0.2, 0.25) is 0 Å². The fourth-order valence-electron chi connectivity index (χ4n) is 3.97. The minimum Gasteiger partial charge on any atom is -0.484 e. The number of aromatic amines is 1. The number of aromatic nitrogens is 2. The topological polar surface area (TPSA) is 120 Å². The average molecular weight is 489 g/mol. The lowest BCUT2D eigenvalue weighted by molar-refractivity contribution is -0.120. The van der Waals surface area contributed by atoms with E-state index in [1.807, 2.05) is 66.7 Å². The molecular weight excluding hydrogens is 460 g/mol.